The molecule has 1 aromatic heterocycles. The molecule has 1 N–H and O–H groups in total. The van der Waals surface area contributed by atoms with Crippen LogP contribution in [0.2, 0.25) is 5.02 Å². The minimum atomic E-state index is -0.154. The Balaban J connectivity index is 1.58. The summed E-state index contributed by atoms with van der Waals surface area (Å²) in [5.41, 5.74) is 0.987. The van der Waals surface area contributed by atoms with Crippen molar-refractivity contribution >= 4 is 23.4 Å². The lowest BCUT2D eigenvalue weighted by molar-refractivity contribution is 0.0777. The Morgan fingerprint density at radius 1 is 1.17 bits per heavy atom. The van der Waals surface area contributed by atoms with Crippen LogP contribution in [0.5, 0.6) is 0 Å². The molecular formula is C17H16ClN3O2. The molecule has 0 bridgehead atoms. The molecule has 1 saturated heterocycles. The van der Waals surface area contributed by atoms with Crippen molar-refractivity contribution in [3.63, 3.8) is 0 Å². The summed E-state index contributed by atoms with van der Waals surface area (Å²) in [5, 5.41) is 3.55. The zero-order valence-electron chi connectivity index (χ0n) is 12.4. The van der Waals surface area contributed by atoms with Gasteiger partial charge in [-0.2, -0.15) is 0 Å². The predicted molar refractivity (Wildman–Crippen MR) is 87.5 cm³/mol. The second-order valence-corrected chi connectivity index (χ2v) is 5.87. The highest BCUT2D eigenvalue weighted by Crippen LogP contribution is 2.14. The molecule has 118 valence electrons. The van der Waals surface area contributed by atoms with Crippen LogP contribution < -0.4 is 5.32 Å². The molecule has 0 aliphatic carbocycles. The Morgan fingerprint density at radius 2 is 1.96 bits per heavy atom. The van der Waals surface area contributed by atoms with Crippen LogP contribution in [0.25, 0.3) is 0 Å². The van der Waals surface area contributed by atoms with E-state index < -0.39 is 0 Å². The van der Waals surface area contributed by atoms with Crippen molar-refractivity contribution in [1.82, 2.24) is 15.2 Å². The summed E-state index contributed by atoms with van der Waals surface area (Å²) in [5.74, 6) is -0.257. The molecule has 1 atom stereocenters. The highest BCUT2D eigenvalue weighted by atomic mass is 35.5. The van der Waals surface area contributed by atoms with Crippen molar-refractivity contribution in [2.75, 3.05) is 13.1 Å². The predicted octanol–water partition coefficient (Wildman–Crippen LogP) is 2.38. The summed E-state index contributed by atoms with van der Waals surface area (Å²) in [4.78, 5) is 30.3. The van der Waals surface area contributed by atoms with E-state index in [4.69, 9.17) is 11.6 Å². The number of halogens is 1. The van der Waals surface area contributed by atoms with Crippen molar-refractivity contribution in [2.24, 2.45) is 0 Å². The normalized spacial score (nSPS) is 17.1. The van der Waals surface area contributed by atoms with Gasteiger partial charge in [0.05, 0.1) is 0 Å². The Hall–Kier alpha value is -2.40. The maximum Gasteiger partial charge on any atom is 0.272 e. The zero-order chi connectivity index (χ0) is 16.2. The largest absolute Gasteiger partial charge is 0.347 e. The van der Waals surface area contributed by atoms with E-state index in [1.54, 1.807) is 53.6 Å². The number of hydrogen-bond acceptors (Lipinski definition) is 3. The van der Waals surface area contributed by atoms with Gasteiger partial charge >= 0.3 is 0 Å². The molecule has 2 heterocycles. The molecule has 1 aromatic carbocycles. The van der Waals surface area contributed by atoms with Gasteiger partial charge in [-0.25, -0.2) is 0 Å². The van der Waals surface area contributed by atoms with Crippen LogP contribution in [-0.4, -0.2) is 40.8 Å². The number of nitrogens with one attached hydrogen (secondary N) is 1. The molecule has 6 heteroatoms. The van der Waals surface area contributed by atoms with Gasteiger partial charge in [-0.1, -0.05) is 17.7 Å². The first-order valence-electron chi connectivity index (χ1n) is 7.40. The van der Waals surface area contributed by atoms with E-state index in [0.29, 0.717) is 29.4 Å². The number of pyridine rings is 1. The first kappa shape index (κ1) is 15.5. The summed E-state index contributed by atoms with van der Waals surface area (Å²) in [6.07, 6.45) is 2.33. The van der Waals surface area contributed by atoms with Crippen molar-refractivity contribution in [3.05, 3.63) is 64.9 Å². The van der Waals surface area contributed by atoms with Crippen LogP contribution in [-0.2, 0) is 0 Å². The van der Waals surface area contributed by atoms with Crippen molar-refractivity contribution in [1.29, 1.82) is 0 Å². The third kappa shape index (κ3) is 3.68. The van der Waals surface area contributed by atoms with Gasteiger partial charge in [-0.3, -0.25) is 14.6 Å². The lowest BCUT2D eigenvalue weighted by Crippen LogP contribution is -2.38. The molecule has 1 fully saturated rings. The molecular weight excluding hydrogens is 314 g/mol. The topological polar surface area (TPSA) is 62.3 Å². The molecule has 2 aromatic rings. The molecule has 2 amide bonds. The quantitative estimate of drug-likeness (QED) is 0.940. The van der Waals surface area contributed by atoms with Crippen LogP contribution >= 0.6 is 11.6 Å². The standard InChI is InChI=1S/C17H16ClN3O2/c18-13-6-4-12(5-7-13)16(22)20-14-8-10-21(11-14)17(23)15-3-1-2-9-19-15/h1-7,9,14H,8,10-11H2,(H,20,22). The minimum absolute atomic E-state index is 0.0501. The van der Waals surface area contributed by atoms with Gasteiger partial charge in [-0.05, 0) is 42.8 Å². The highest BCUT2D eigenvalue weighted by molar-refractivity contribution is 6.30. The number of carbonyl (C=O) groups is 2. The van der Waals surface area contributed by atoms with Gasteiger partial charge in [0.1, 0.15) is 5.69 Å². The molecule has 23 heavy (non-hydrogen) atoms. The summed E-state index contributed by atoms with van der Waals surface area (Å²) < 4.78 is 0. The third-order valence-corrected chi connectivity index (χ3v) is 4.05. The molecule has 5 nitrogen and oxygen atoms in total. The van der Waals surface area contributed by atoms with E-state index >= 15 is 0 Å². The Kier molecular flexibility index (Phi) is 4.57. The van der Waals surface area contributed by atoms with Crippen LogP contribution in [0.3, 0.4) is 0 Å². The van der Waals surface area contributed by atoms with Crippen LogP contribution in [0.1, 0.15) is 27.3 Å². The number of aromatic nitrogens is 1. The van der Waals surface area contributed by atoms with E-state index in [-0.39, 0.29) is 17.9 Å². The van der Waals surface area contributed by atoms with Gasteiger partial charge in [-0.15, -0.1) is 0 Å². The second kappa shape index (κ2) is 6.79. The number of likely N-dealkylation sites (tertiary alicyclic amines) is 1. The van der Waals surface area contributed by atoms with Gasteiger partial charge in [0, 0.05) is 35.9 Å². The average molecular weight is 330 g/mol. The van der Waals surface area contributed by atoms with Crippen molar-refractivity contribution < 1.29 is 9.59 Å². The van der Waals surface area contributed by atoms with E-state index in [0.717, 1.165) is 6.42 Å². The lowest BCUT2D eigenvalue weighted by atomic mass is 10.2. The minimum Gasteiger partial charge on any atom is -0.347 e. The van der Waals surface area contributed by atoms with Crippen LogP contribution in [0, 0.1) is 0 Å². The summed E-state index contributed by atoms with van der Waals surface area (Å²) in [7, 11) is 0. The van der Waals surface area contributed by atoms with E-state index in [9.17, 15) is 9.59 Å². The number of carbonyl (C=O) groups excluding carboxylic acids is 2. The smallest absolute Gasteiger partial charge is 0.272 e. The molecule has 1 aliphatic heterocycles. The SMILES string of the molecule is O=C(NC1CCN(C(=O)c2ccccn2)C1)c1ccc(Cl)cc1. The summed E-state index contributed by atoms with van der Waals surface area (Å²) >= 11 is 5.82. The lowest BCUT2D eigenvalue weighted by Gasteiger charge is -2.16. The van der Waals surface area contributed by atoms with Gasteiger partial charge < -0.3 is 10.2 Å². The highest BCUT2D eigenvalue weighted by Gasteiger charge is 2.28. The van der Waals surface area contributed by atoms with Crippen LogP contribution in [0.4, 0.5) is 0 Å². The van der Waals surface area contributed by atoms with Gasteiger partial charge in [0.15, 0.2) is 0 Å². The van der Waals surface area contributed by atoms with E-state index in [1.165, 1.54) is 0 Å². The number of benzene rings is 1. The third-order valence-electron chi connectivity index (χ3n) is 3.80. The first-order valence-corrected chi connectivity index (χ1v) is 7.78. The molecule has 0 spiro atoms. The van der Waals surface area contributed by atoms with Crippen molar-refractivity contribution in [3.8, 4) is 0 Å². The molecule has 1 unspecified atom stereocenters. The molecule has 0 saturated carbocycles. The van der Waals surface area contributed by atoms with Gasteiger partial charge in [0.25, 0.3) is 11.8 Å². The Morgan fingerprint density at radius 3 is 2.65 bits per heavy atom. The average Bonchev–Trinajstić information content (AvgIpc) is 3.04. The monoisotopic (exact) mass is 329 g/mol. The fourth-order valence-electron chi connectivity index (χ4n) is 2.58. The summed E-state index contributed by atoms with van der Waals surface area (Å²) in [6.45, 7) is 1.11. The number of rotatable bonds is 3. The maximum absolute atomic E-state index is 12.3. The maximum atomic E-state index is 12.3. The zero-order valence-corrected chi connectivity index (χ0v) is 13.2. The fraction of sp³-hybridized carbons (Fsp3) is 0.235. The first-order chi connectivity index (χ1) is 11.1. The second-order valence-electron chi connectivity index (χ2n) is 5.43. The Labute approximate surface area is 139 Å². The van der Waals surface area contributed by atoms with E-state index in [2.05, 4.69) is 10.3 Å². The van der Waals surface area contributed by atoms with Crippen molar-refractivity contribution in [2.45, 2.75) is 12.5 Å². The molecule has 0 radical (unpaired) electrons. The summed E-state index contributed by atoms with van der Waals surface area (Å²) in [6, 6.07) is 11.9. The van der Waals surface area contributed by atoms with Crippen LogP contribution in [0.15, 0.2) is 48.7 Å². The van der Waals surface area contributed by atoms with E-state index in [1.807, 2.05) is 0 Å². The number of hydrogen-bond donors (Lipinski definition) is 1. The number of amides is 2. The molecule has 1 aliphatic rings. The Bertz CT molecular complexity index is 704. The van der Waals surface area contributed by atoms with Gasteiger partial charge in [0.2, 0.25) is 0 Å². The fourth-order valence-corrected chi connectivity index (χ4v) is 2.71. The molecule has 3 rings (SSSR count). The number of nitrogens with zero attached hydrogens (tertiary/aromatic N) is 2.